The Labute approximate surface area is 170 Å². The largest absolute Gasteiger partial charge is 0.383 e. The smallest absolute Gasteiger partial charge is 0.306 e. The summed E-state index contributed by atoms with van der Waals surface area (Å²) in [5.41, 5.74) is 1.11. The minimum absolute atomic E-state index is 0.0725. The lowest BCUT2D eigenvalue weighted by Gasteiger charge is -2.24. The first-order chi connectivity index (χ1) is 13.5. The van der Waals surface area contributed by atoms with Gasteiger partial charge < -0.3 is 9.08 Å². The number of carbonyl (C=O) groups excluding carboxylic acids is 1. The van der Waals surface area contributed by atoms with Crippen LogP contribution in [0, 0.1) is 16.0 Å². The van der Waals surface area contributed by atoms with Crippen molar-refractivity contribution in [2.45, 2.75) is 26.8 Å². The first-order valence-electron chi connectivity index (χ1n) is 9.07. The van der Waals surface area contributed by atoms with Crippen molar-refractivity contribution in [3.63, 3.8) is 0 Å². The van der Waals surface area contributed by atoms with Gasteiger partial charge in [-0.25, -0.2) is 0 Å². The molecule has 0 radical (unpaired) electrons. The summed E-state index contributed by atoms with van der Waals surface area (Å²) >= 11 is 0. The molecule has 2 aromatic carbocycles. The third-order valence-corrected chi connectivity index (χ3v) is 4.63. The Morgan fingerprint density at radius 3 is 2.17 bits per heavy atom. The van der Waals surface area contributed by atoms with E-state index in [1.165, 1.54) is 36.4 Å². The average Bonchev–Trinajstić information content (AvgIpc) is 2.64. The van der Waals surface area contributed by atoms with Crippen molar-refractivity contribution >= 4 is 21.7 Å². The molecule has 156 valence electrons. The fourth-order valence-electron chi connectivity index (χ4n) is 2.62. The molecule has 0 aliphatic carbocycles. The highest BCUT2D eigenvalue weighted by Gasteiger charge is 2.18. The molecular formula is C20H24N2O6S. The van der Waals surface area contributed by atoms with Crippen LogP contribution in [0.15, 0.2) is 48.5 Å². The lowest BCUT2D eigenvalue weighted by molar-refractivity contribution is -0.384. The first-order valence-corrected chi connectivity index (χ1v) is 10.9. The van der Waals surface area contributed by atoms with Crippen molar-refractivity contribution < 1.29 is 22.3 Å². The second-order valence-corrected chi connectivity index (χ2v) is 8.72. The van der Waals surface area contributed by atoms with E-state index in [0.717, 1.165) is 18.2 Å². The molecule has 8 nitrogen and oxygen atoms in total. The number of benzene rings is 2. The quantitative estimate of drug-likeness (QED) is 0.348. The van der Waals surface area contributed by atoms with E-state index in [2.05, 4.69) is 13.8 Å². The van der Waals surface area contributed by atoms with Gasteiger partial charge in [0.05, 0.1) is 11.2 Å². The summed E-state index contributed by atoms with van der Waals surface area (Å²) in [6, 6.07) is 12.0. The van der Waals surface area contributed by atoms with E-state index in [9.17, 15) is 23.3 Å². The topological polar surface area (TPSA) is 107 Å². The maximum atomic E-state index is 12.9. The van der Waals surface area contributed by atoms with Gasteiger partial charge in [-0.2, -0.15) is 8.42 Å². The van der Waals surface area contributed by atoms with Crippen molar-refractivity contribution in [3.8, 4) is 5.75 Å². The Balaban J connectivity index is 2.18. The van der Waals surface area contributed by atoms with Crippen LogP contribution < -0.4 is 4.18 Å². The fraction of sp³-hybridized carbons (Fsp3) is 0.350. The van der Waals surface area contributed by atoms with Gasteiger partial charge in [-0.05, 0) is 42.2 Å². The van der Waals surface area contributed by atoms with Crippen molar-refractivity contribution in [2.24, 2.45) is 5.92 Å². The molecule has 29 heavy (non-hydrogen) atoms. The van der Waals surface area contributed by atoms with Gasteiger partial charge in [0.2, 0.25) is 0 Å². The number of nitro groups is 1. The lowest BCUT2D eigenvalue weighted by atomic mass is 10.1. The van der Waals surface area contributed by atoms with Crippen molar-refractivity contribution in [1.82, 2.24) is 4.90 Å². The number of rotatable bonds is 9. The molecule has 9 heteroatoms. The summed E-state index contributed by atoms with van der Waals surface area (Å²) in [7, 11) is -3.60. The third kappa shape index (κ3) is 7.19. The van der Waals surface area contributed by atoms with Crippen LogP contribution in [0.25, 0.3) is 0 Å². The van der Waals surface area contributed by atoms with Gasteiger partial charge in [-0.15, -0.1) is 0 Å². The van der Waals surface area contributed by atoms with E-state index < -0.39 is 15.0 Å². The molecule has 0 saturated carbocycles. The summed E-state index contributed by atoms with van der Waals surface area (Å²) in [6.45, 7) is 4.97. The zero-order valence-electron chi connectivity index (χ0n) is 16.6. The summed E-state index contributed by atoms with van der Waals surface area (Å²) in [4.78, 5) is 24.9. The minimum Gasteiger partial charge on any atom is -0.383 e. The van der Waals surface area contributed by atoms with Crippen molar-refractivity contribution in [1.29, 1.82) is 0 Å². The van der Waals surface area contributed by atoms with E-state index in [4.69, 9.17) is 4.18 Å². The molecule has 0 aliphatic heterocycles. The number of hydrogen-bond donors (Lipinski definition) is 0. The normalized spacial score (nSPS) is 11.3. The van der Waals surface area contributed by atoms with E-state index in [0.29, 0.717) is 24.6 Å². The standard InChI is InChI=1S/C20H24N2O6S/c1-15(2)12-13-21(20(23)17-6-8-18(9-7-17)22(24)25)14-16-4-10-19(11-5-16)28-29(3,26)27/h4-11,15H,12-14H2,1-3H3. The van der Waals surface area contributed by atoms with Crippen LogP contribution in [0.5, 0.6) is 5.75 Å². The maximum Gasteiger partial charge on any atom is 0.306 e. The van der Waals surface area contributed by atoms with Crippen LogP contribution in [0.4, 0.5) is 5.69 Å². The first kappa shape index (κ1) is 22.4. The van der Waals surface area contributed by atoms with Gasteiger partial charge in [0.15, 0.2) is 0 Å². The number of amides is 1. The molecule has 0 aromatic heterocycles. The van der Waals surface area contributed by atoms with Crippen LogP contribution in [-0.2, 0) is 16.7 Å². The Morgan fingerprint density at radius 1 is 1.10 bits per heavy atom. The van der Waals surface area contributed by atoms with Gasteiger partial charge in [0, 0.05) is 30.8 Å². The predicted octanol–water partition coefficient (Wildman–Crippen LogP) is 3.62. The lowest BCUT2D eigenvalue weighted by Crippen LogP contribution is -2.32. The Bertz CT molecular complexity index is 953. The molecule has 0 spiro atoms. The van der Waals surface area contributed by atoms with Gasteiger partial charge in [0.1, 0.15) is 5.75 Å². The monoisotopic (exact) mass is 420 g/mol. The van der Waals surface area contributed by atoms with Crippen molar-refractivity contribution in [2.75, 3.05) is 12.8 Å². The molecule has 0 bridgehead atoms. The van der Waals surface area contributed by atoms with E-state index >= 15 is 0 Å². The predicted molar refractivity (Wildman–Crippen MR) is 109 cm³/mol. The minimum atomic E-state index is -3.60. The highest BCUT2D eigenvalue weighted by molar-refractivity contribution is 7.86. The number of carbonyl (C=O) groups is 1. The third-order valence-electron chi connectivity index (χ3n) is 4.13. The number of hydrogen-bond acceptors (Lipinski definition) is 6. The molecular weight excluding hydrogens is 396 g/mol. The highest BCUT2D eigenvalue weighted by atomic mass is 32.2. The highest BCUT2D eigenvalue weighted by Crippen LogP contribution is 2.19. The molecule has 0 saturated heterocycles. The van der Waals surface area contributed by atoms with Crippen molar-refractivity contribution in [3.05, 3.63) is 69.8 Å². The summed E-state index contributed by atoms with van der Waals surface area (Å²) < 4.78 is 27.2. The number of non-ortho nitro benzene ring substituents is 1. The van der Waals surface area contributed by atoms with E-state index in [-0.39, 0.29) is 17.3 Å². The Kier molecular flexibility index (Phi) is 7.33. The summed E-state index contributed by atoms with van der Waals surface area (Å²) in [5.74, 6) is 0.372. The fourth-order valence-corrected chi connectivity index (χ4v) is 3.08. The Morgan fingerprint density at radius 2 is 1.69 bits per heavy atom. The maximum absolute atomic E-state index is 12.9. The molecule has 0 fully saturated rings. The average molecular weight is 420 g/mol. The van der Waals surface area contributed by atoms with Crippen LogP contribution >= 0.6 is 0 Å². The molecule has 0 heterocycles. The summed E-state index contributed by atoms with van der Waals surface area (Å²) in [5, 5.41) is 10.8. The zero-order valence-corrected chi connectivity index (χ0v) is 17.4. The van der Waals surface area contributed by atoms with Gasteiger partial charge in [-0.3, -0.25) is 14.9 Å². The second kappa shape index (κ2) is 9.51. The summed E-state index contributed by atoms with van der Waals surface area (Å²) in [6.07, 6.45) is 1.77. The Hall–Kier alpha value is -2.94. The van der Waals surface area contributed by atoms with Gasteiger partial charge in [0.25, 0.3) is 11.6 Å². The van der Waals surface area contributed by atoms with Crippen LogP contribution in [0.2, 0.25) is 0 Å². The number of nitrogens with zero attached hydrogens (tertiary/aromatic N) is 2. The zero-order chi connectivity index (χ0) is 21.6. The van der Waals surface area contributed by atoms with E-state index in [1.807, 2.05) is 0 Å². The molecule has 2 aromatic rings. The molecule has 1 amide bonds. The van der Waals surface area contributed by atoms with Gasteiger partial charge >= 0.3 is 10.1 Å². The molecule has 0 N–H and O–H groups in total. The second-order valence-electron chi connectivity index (χ2n) is 7.14. The molecule has 2 rings (SSSR count). The number of nitro benzene ring substituents is 1. The van der Waals surface area contributed by atoms with Crippen LogP contribution in [-0.4, -0.2) is 36.9 Å². The molecule has 0 atom stereocenters. The molecule has 0 unspecified atom stereocenters. The van der Waals surface area contributed by atoms with Crippen LogP contribution in [0.3, 0.4) is 0 Å². The van der Waals surface area contributed by atoms with Gasteiger partial charge in [-0.1, -0.05) is 26.0 Å². The van der Waals surface area contributed by atoms with Crippen LogP contribution in [0.1, 0.15) is 36.2 Å². The SMILES string of the molecule is CC(C)CCN(Cc1ccc(OS(C)(=O)=O)cc1)C(=O)c1ccc([N+](=O)[O-])cc1. The van der Waals surface area contributed by atoms with E-state index in [1.54, 1.807) is 17.0 Å². The molecule has 0 aliphatic rings.